The van der Waals surface area contributed by atoms with Gasteiger partial charge in [0.05, 0.1) is 0 Å². The monoisotopic (exact) mass is 174 g/mol. The van der Waals surface area contributed by atoms with Crippen molar-refractivity contribution < 1.29 is 20.1 Å². The van der Waals surface area contributed by atoms with Gasteiger partial charge in [-0.15, -0.1) is 0 Å². The minimum atomic E-state index is -0.975. The molecule has 4 heteroatoms. The summed E-state index contributed by atoms with van der Waals surface area (Å²) in [4.78, 5) is 10.5. The maximum absolute atomic E-state index is 10.5. The molecule has 3 N–H and O–H groups in total. The van der Waals surface area contributed by atoms with E-state index in [0.29, 0.717) is 19.3 Å². The molecule has 4 nitrogen and oxygen atoms in total. The number of carbonyl (C=O) groups is 1. The molecule has 0 heterocycles. The lowest BCUT2D eigenvalue weighted by atomic mass is 10.1. The Morgan fingerprint density at radius 2 is 1.92 bits per heavy atom. The summed E-state index contributed by atoms with van der Waals surface area (Å²) < 4.78 is 0. The van der Waals surface area contributed by atoms with Crippen LogP contribution >= 0.6 is 0 Å². The van der Waals surface area contributed by atoms with E-state index < -0.39 is 5.97 Å². The summed E-state index contributed by atoms with van der Waals surface area (Å²) in [6.45, 7) is -0.0559. The molecule has 0 rings (SSSR count). The van der Waals surface area contributed by atoms with Crippen molar-refractivity contribution in [2.45, 2.75) is 19.3 Å². The van der Waals surface area contributed by atoms with Crippen molar-refractivity contribution in [2.24, 2.45) is 0 Å². The molecule has 0 radical (unpaired) electrons. The normalized spacial score (nSPS) is 11.7. The van der Waals surface area contributed by atoms with Crippen molar-refractivity contribution in [1.82, 2.24) is 0 Å². The fourth-order valence-corrected chi connectivity index (χ4v) is 0.805. The first-order valence-corrected chi connectivity index (χ1v) is 3.86. The highest BCUT2D eigenvalue weighted by Crippen LogP contribution is 2.05. The fraction of sp³-hybridized carbons (Fsp3) is 0.625. The third-order valence-electron chi connectivity index (χ3n) is 1.40. The molecule has 0 bridgehead atoms. The van der Waals surface area contributed by atoms with Crippen molar-refractivity contribution in [2.75, 3.05) is 13.2 Å². The SMILES string of the molecule is O=C(O)C(=CCCO)CCCO. The number of aliphatic carboxylic acids is 1. The standard InChI is InChI=1S/C8H14O4/c9-5-1-3-7(8(11)12)4-2-6-10/h3,9-10H,1-2,4-6H2,(H,11,12). The summed E-state index contributed by atoms with van der Waals surface area (Å²) in [5.41, 5.74) is 0.262. The highest BCUT2D eigenvalue weighted by Gasteiger charge is 2.04. The van der Waals surface area contributed by atoms with Crippen LogP contribution in [0.25, 0.3) is 0 Å². The number of carboxylic acids is 1. The number of hydrogen-bond acceptors (Lipinski definition) is 3. The highest BCUT2D eigenvalue weighted by atomic mass is 16.4. The largest absolute Gasteiger partial charge is 0.478 e. The lowest BCUT2D eigenvalue weighted by Crippen LogP contribution is -2.02. The number of hydrogen-bond donors (Lipinski definition) is 3. The van der Waals surface area contributed by atoms with Gasteiger partial charge in [0, 0.05) is 18.8 Å². The average Bonchev–Trinajstić information content (AvgIpc) is 2.04. The van der Waals surface area contributed by atoms with Gasteiger partial charge in [-0.1, -0.05) is 6.08 Å². The highest BCUT2D eigenvalue weighted by molar-refractivity contribution is 5.86. The molecule has 0 fully saturated rings. The number of carboxylic acid groups (broad SMARTS) is 1. The Hall–Kier alpha value is -0.870. The quantitative estimate of drug-likeness (QED) is 0.501. The van der Waals surface area contributed by atoms with Gasteiger partial charge < -0.3 is 15.3 Å². The van der Waals surface area contributed by atoms with Crippen molar-refractivity contribution >= 4 is 5.97 Å². The lowest BCUT2D eigenvalue weighted by Gasteiger charge is -1.99. The van der Waals surface area contributed by atoms with Gasteiger partial charge in [-0.25, -0.2) is 4.79 Å². The maximum Gasteiger partial charge on any atom is 0.331 e. The molecule has 0 amide bonds. The Bertz CT molecular complexity index is 162. The zero-order valence-electron chi connectivity index (χ0n) is 6.86. The van der Waals surface area contributed by atoms with Crippen LogP contribution in [0.4, 0.5) is 0 Å². The first-order chi connectivity index (χ1) is 5.72. The van der Waals surface area contributed by atoms with E-state index in [9.17, 15) is 4.79 Å². The third-order valence-corrected chi connectivity index (χ3v) is 1.40. The van der Waals surface area contributed by atoms with Crippen LogP contribution in [0.1, 0.15) is 19.3 Å². The first-order valence-electron chi connectivity index (χ1n) is 3.86. The van der Waals surface area contributed by atoms with Crippen LogP contribution in [0.2, 0.25) is 0 Å². The predicted octanol–water partition coefficient (Wildman–Crippen LogP) is 0.152. The van der Waals surface area contributed by atoms with E-state index in [2.05, 4.69) is 0 Å². The lowest BCUT2D eigenvalue weighted by molar-refractivity contribution is -0.132. The zero-order chi connectivity index (χ0) is 9.40. The van der Waals surface area contributed by atoms with E-state index in [4.69, 9.17) is 15.3 Å². The Morgan fingerprint density at radius 3 is 2.33 bits per heavy atom. The molecule has 70 valence electrons. The molecule has 0 saturated heterocycles. The van der Waals surface area contributed by atoms with E-state index in [1.165, 1.54) is 6.08 Å². The minimum absolute atomic E-state index is 0.0102. The van der Waals surface area contributed by atoms with Crippen molar-refractivity contribution in [3.63, 3.8) is 0 Å². The zero-order valence-corrected chi connectivity index (χ0v) is 6.86. The minimum Gasteiger partial charge on any atom is -0.478 e. The van der Waals surface area contributed by atoms with Gasteiger partial charge in [0.25, 0.3) is 0 Å². The van der Waals surface area contributed by atoms with Crippen LogP contribution in [-0.4, -0.2) is 34.5 Å². The molecule has 0 aromatic carbocycles. The summed E-state index contributed by atoms with van der Waals surface area (Å²) in [6, 6.07) is 0. The van der Waals surface area contributed by atoms with Crippen molar-refractivity contribution in [1.29, 1.82) is 0 Å². The number of aliphatic hydroxyl groups excluding tert-OH is 2. The Kier molecular flexibility index (Phi) is 6.32. The molecule has 0 aromatic rings. The average molecular weight is 174 g/mol. The van der Waals surface area contributed by atoms with Crippen LogP contribution in [0, 0.1) is 0 Å². The molecule has 0 aliphatic rings. The summed E-state index contributed by atoms with van der Waals surface area (Å²) >= 11 is 0. The van der Waals surface area contributed by atoms with E-state index >= 15 is 0 Å². The second-order valence-corrected chi connectivity index (χ2v) is 2.37. The Morgan fingerprint density at radius 1 is 1.25 bits per heavy atom. The van der Waals surface area contributed by atoms with Crippen LogP contribution in [0.3, 0.4) is 0 Å². The Balaban J connectivity index is 3.94. The van der Waals surface area contributed by atoms with E-state index in [1.54, 1.807) is 0 Å². The molecule has 0 aromatic heterocycles. The van der Waals surface area contributed by atoms with Crippen LogP contribution in [0.5, 0.6) is 0 Å². The van der Waals surface area contributed by atoms with Gasteiger partial charge >= 0.3 is 5.97 Å². The topological polar surface area (TPSA) is 77.8 Å². The smallest absolute Gasteiger partial charge is 0.331 e. The van der Waals surface area contributed by atoms with Crippen molar-refractivity contribution in [3.05, 3.63) is 11.6 Å². The molecule has 12 heavy (non-hydrogen) atoms. The van der Waals surface area contributed by atoms with E-state index in [1.807, 2.05) is 0 Å². The second-order valence-electron chi connectivity index (χ2n) is 2.37. The second kappa shape index (κ2) is 6.82. The van der Waals surface area contributed by atoms with Gasteiger partial charge in [-0.2, -0.15) is 0 Å². The van der Waals surface area contributed by atoms with Crippen LogP contribution in [-0.2, 0) is 4.79 Å². The molecule has 0 spiro atoms. The predicted molar refractivity (Wildman–Crippen MR) is 43.7 cm³/mol. The summed E-state index contributed by atoms with van der Waals surface area (Å²) in [6.07, 6.45) is 2.64. The van der Waals surface area contributed by atoms with Crippen molar-refractivity contribution in [3.8, 4) is 0 Å². The number of rotatable bonds is 6. The summed E-state index contributed by atoms with van der Waals surface area (Å²) in [5, 5.41) is 25.5. The van der Waals surface area contributed by atoms with Gasteiger partial charge in [-0.05, 0) is 19.3 Å². The molecule has 0 aliphatic carbocycles. The van der Waals surface area contributed by atoms with Crippen LogP contribution in [0.15, 0.2) is 11.6 Å². The van der Waals surface area contributed by atoms with Gasteiger partial charge in [0.2, 0.25) is 0 Å². The number of aliphatic hydroxyl groups is 2. The molecule has 0 saturated carbocycles. The molecular weight excluding hydrogens is 160 g/mol. The van der Waals surface area contributed by atoms with E-state index in [-0.39, 0.29) is 18.8 Å². The van der Waals surface area contributed by atoms with Gasteiger partial charge in [-0.3, -0.25) is 0 Å². The first kappa shape index (κ1) is 11.1. The molecule has 0 aliphatic heterocycles. The molecular formula is C8H14O4. The third kappa shape index (κ3) is 4.87. The van der Waals surface area contributed by atoms with Gasteiger partial charge in [0.1, 0.15) is 0 Å². The maximum atomic E-state index is 10.5. The summed E-state index contributed by atoms with van der Waals surface area (Å²) in [5.74, 6) is -0.975. The summed E-state index contributed by atoms with van der Waals surface area (Å²) in [7, 11) is 0. The van der Waals surface area contributed by atoms with Crippen LogP contribution < -0.4 is 0 Å². The molecule has 0 unspecified atom stereocenters. The van der Waals surface area contributed by atoms with Gasteiger partial charge in [0.15, 0.2) is 0 Å². The van der Waals surface area contributed by atoms with E-state index in [0.717, 1.165) is 0 Å². The Labute approximate surface area is 71.1 Å². The fourth-order valence-electron chi connectivity index (χ4n) is 0.805. The molecule has 0 atom stereocenters.